The van der Waals surface area contributed by atoms with E-state index in [0.29, 0.717) is 6.04 Å². The van der Waals surface area contributed by atoms with Gasteiger partial charge in [-0.2, -0.15) is 0 Å². The smallest absolute Gasteiger partial charge is 0.00819 e. The zero-order valence-electron chi connectivity index (χ0n) is 12.7. The van der Waals surface area contributed by atoms with Crippen molar-refractivity contribution in [1.29, 1.82) is 0 Å². The van der Waals surface area contributed by atoms with Crippen LogP contribution in [0.1, 0.15) is 68.1 Å². The van der Waals surface area contributed by atoms with Crippen LogP contribution in [0.2, 0.25) is 0 Å². The van der Waals surface area contributed by atoms with E-state index in [2.05, 4.69) is 18.2 Å². The van der Waals surface area contributed by atoms with Crippen molar-refractivity contribution in [3.8, 4) is 0 Å². The molecule has 1 fully saturated rings. The molecule has 0 saturated heterocycles. The molecule has 1 saturated carbocycles. The summed E-state index contributed by atoms with van der Waals surface area (Å²) in [5, 5.41) is 0. The largest absolute Gasteiger partial charge is 0.327 e. The molecule has 1 nitrogen and oxygen atoms in total. The molecule has 0 radical (unpaired) electrons. The van der Waals surface area contributed by atoms with Crippen LogP contribution in [-0.2, 0) is 19.3 Å². The third-order valence-electron chi connectivity index (χ3n) is 5.27. The standard InChI is InChI=1S/C19H29N/c20-19(13-15-6-3-1-2-4-7-15)14-16-10-11-17-8-5-9-18(17)12-16/h10-12,15,19H,1-9,13-14,20H2. The van der Waals surface area contributed by atoms with Crippen molar-refractivity contribution in [3.63, 3.8) is 0 Å². The molecule has 1 aromatic carbocycles. The fraction of sp³-hybridized carbons (Fsp3) is 0.684. The van der Waals surface area contributed by atoms with Crippen LogP contribution in [0.4, 0.5) is 0 Å². The average molecular weight is 271 g/mol. The van der Waals surface area contributed by atoms with Gasteiger partial charge in [-0.05, 0) is 54.7 Å². The minimum Gasteiger partial charge on any atom is -0.327 e. The van der Waals surface area contributed by atoms with Crippen molar-refractivity contribution in [3.05, 3.63) is 34.9 Å². The van der Waals surface area contributed by atoms with Crippen molar-refractivity contribution in [2.75, 3.05) is 0 Å². The van der Waals surface area contributed by atoms with Crippen LogP contribution in [0.15, 0.2) is 18.2 Å². The van der Waals surface area contributed by atoms with Crippen LogP contribution < -0.4 is 5.73 Å². The number of hydrogen-bond acceptors (Lipinski definition) is 1. The second-order valence-electron chi connectivity index (χ2n) is 7.01. The first kappa shape index (κ1) is 14.1. The Morgan fingerprint density at radius 2 is 1.70 bits per heavy atom. The number of rotatable bonds is 4. The highest BCUT2D eigenvalue weighted by atomic mass is 14.6. The van der Waals surface area contributed by atoms with E-state index in [1.165, 1.54) is 69.8 Å². The van der Waals surface area contributed by atoms with E-state index in [-0.39, 0.29) is 0 Å². The second kappa shape index (κ2) is 6.76. The Labute approximate surface area is 124 Å². The summed E-state index contributed by atoms with van der Waals surface area (Å²) in [7, 11) is 0. The van der Waals surface area contributed by atoms with Crippen molar-refractivity contribution in [1.82, 2.24) is 0 Å². The quantitative estimate of drug-likeness (QED) is 0.807. The zero-order chi connectivity index (χ0) is 13.8. The molecule has 3 rings (SSSR count). The van der Waals surface area contributed by atoms with Crippen LogP contribution in [-0.4, -0.2) is 6.04 Å². The summed E-state index contributed by atoms with van der Waals surface area (Å²) >= 11 is 0. The van der Waals surface area contributed by atoms with Gasteiger partial charge in [-0.15, -0.1) is 0 Å². The van der Waals surface area contributed by atoms with Gasteiger partial charge in [0.15, 0.2) is 0 Å². The zero-order valence-corrected chi connectivity index (χ0v) is 12.7. The van der Waals surface area contributed by atoms with Crippen LogP contribution >= 0.6 is 0 Å². The SMILES string of the molecule is NC(Cc1ccc2c(c1)CCC2)CC1CCCCCC1. The monoisotopic (exact) mass is 271 g/mol. The van der Waals surface area contributed by atoms with Gasteiger partial charge in [-0.25, -0.2) is 0 Å². The molecule has 0 amide bonds. The first-order valence-corrected chi connectivity index (χ1v) is 8.67. The van der Waals surface area contributed by atoms with Crippen molar-refractivity contribution < 1.29 is 0 Å². The number of fused-ring (bicyclic) bond motifs is 1. The first-order valence-electron chi connectivity index (χ1n) is 8.67. The lowest BCUT2D eigenvalue weighted by molar-refractivity contribution is 0.387. The lowest BCUT2D eigenvalue weighted by Crippen LogP contribution is -2.26. The van der Waals surface area contributed by atoms with E-state index < -0.39 is 0 Å². The molecule has 0 aliphatic heterocycles. The van der Waals surface area contributed by atoms with Gasteiger partial charge in [-0.1, -0.05) is 56.7 Å². The summed E-state index contributed by atoms with van der Waals surface area (Å²) < 4.78 is 0. The summed E-state index contributed by atoms with van der Waals surface area (Å²) in [5.41, 5.74) is 11.1. The molecule has 2 aliphatic rings. The Bertz CT molecular complexity index is 429. The highest BCUT2D eigenvalue weighted by Gasteiger charge is 2.17. The maximum Gasteiger partial charge on any atom is 0.00819 e. The third-order valence-corrected chi connectivity index (χ3v) is 5.27. The Morgan fingerprint density at radius 1 is 0.950 bits per heavy atom. The second-order valence-corrected chi connectivity index (χ2v) is 7.01. The van der Waals surface area contributed by atoms with Gasteiger partial charge in [0.25, 0.3) is 0 Å². The molecule has 0 spiro atoms. The van der Waals surface area contributed by atoms with Crippen LogP contribution in [0.25, 0.3) is 0 Å². The van der Waals surface area contributed by atoms with Crippen molar-refractivity contribution in [2.45, 2.75) is 76.7 Å². The van der Waals surface area contributed by atoms with Gasteiger partial charge in [0.05, 0.1) is 0 Å². The molecule has 1 atom stereocenters. The maximum atomic E-state index is 6.43. The summed E-state index contributed by atoms with van der Waals surface area (Å²) in [6.45, 7) is 0. The van der Waals surface area contributed by atoms with Gasteiger partial charge in [-0.3, -0.25) is 0 Å². The summed E-state index contributed by atoms with van der Waals surface area (Å²) in [4.78, 5) is 0. The molecule has 20 heavy (non-hydrogen) atoms. The molecular formula is C19H29N. The van der Waals surface area contributed by atoms with Crippen LogP contribution in [0, 0.1) is 5.92 Å². The Kier molecular flexibility index (Phi) is 4.77. The van der Waals surface area contributed by atoms with E-state index in [1.54, 1.807) is 11.1 Å². The van der Waals surface area contributed by atoms with Crippen LogP contribution in [0.3, 0.4) is 0 Å². The number of hydrogen-bond donors (Lipinski definition) is 1. The lowest BCUT2D eigenvalue weighted by atomic mass is 9.90. The third kappa shape index (κ3) is 3.63. The van der Waals surface area contributed by atoms with E-state index in [4.69, 9.17) is 5.73 Å². The van der Waals surface area contributed by atoms with E-state index >= 15 is 0 Å². The normalized spacial score (nSPS) is 21.4. The molecule has 1 aromatic rings. The topological polar surface area (TPSA) is 26.0 Å². The fourth-order valence-electron chi connectivity index (χ4n) is 4.17. The van der Waals surface area contributed by atoms with Gasteiger partial charge in [0.1, 0.15) is 0 Å². The average Bonchev–Trinajstić information content (AvgIpc) is 2.75. The molecular weight excluding hydrogens is 242 g/mol. The maximum absolute atomic E-state index is 6.43. The molecule has 1 unspecified atom stereocenters. The van der Waals surface area contributed by atoms with Crippen molar-refractivity contribution in [2.24, 2.45) is 11.7 Å². The van der Waals surface area contributed by atoms with Crippen LogP contribution in [0.5, 0.6) is 0 Å². The summed E-state index contributed by atoms with van der Waals surface area (Å²) in [5.74, 6) is 0.891. The summed E-state index contributed by atoms with van der Waals surface area (Å²) in [6, 6.07) is 7.44. The number of benzene rings is 1. The molecule has 0 aromatic heterocycles. The van der Waals surface area contributed by atoms with E-state index in [1.807, 2.05) is 0 Å². The predicted octanol–water partition coefficient (Wildman–Crippen LogP) is 4.41. The Hall–Kier alpha value is -0.820. The number of aryl methyl sites for hydroxylation is 2. The van der Waals surface area contributed by atoms with Gasteiger partial charge in [0.2, 0.25) is 0 Å². The van der Waals surface area contributed by atoms with Gasteiger partial charge < -0.3 is 5.73 Å². The summed E-state index contributed by atoms with van der Waals surface area (Å²) in [6.07, 6.45) is 14.8. The van der Waals surface area contributed by atoms with E-state index in [0.717, 1.165) is 12.3 Å². The lowest BCUT2D eigenvalue weighted by Gasteiger charge is -2.19. The molecule has 2 N–H and O–H groups in total. The Balaban J connectivity index is 1.54. The minimum atomic E-state index is 0.359. The minimum absolute atomic E-state index is 0.359. The highest BCUT2D eigenvalue weighted by Crippen LogP contribution is 2.27. The van der Waals surface area contributed by atoms with Crippen molar-refractivity contribution >= 4 is 0 Å². The number of nitrogens with two attached hydrogens (primary N) is 1. The predicted molar refractivity (Wildman–Crippen MR) is 86.0 cm³/mol. The molecule has 1 heteroatoms. The van der Waals surface area contributed by atoms with Gasteiger partial charge >= 0.3 is 0 Å². The Morgan fingerprint density at radius 3 is 2.50 bits per heavy atom. The molecule has 110 valence electrons. The molecule has 0 heterocycles. The highest BCUT2D eigenvalue weighted by molar-refractivity contribution is 5.35. The van der Waals surface area contributed by atoms with Gasteiger partial charge in [0, 0.05) is 6.04 Å². The first-order chi connectivity index (χ1) is 9.81. The fourth-order valence-corrected chi connectivity index (χ4v) is 4.17. The molecule has 2 aliphatic carbocycles. The molecule has 0 bridgehead atoms. The van der Waals surface area contributed by atoms with E-state index in [9.17, 15) is 0 Å².